The van der Waals surface area contributed by atoms with Gasteiger partial charge in [0.1, 0.15) is 11.6 Å². The Hall–Kier alpha value is -1.84. The maximum atomic E-state index is 13.3. The minimum atomic E-state index is -0.469. The highest BCUT2D eigenvalue weighted by Crippen LogP contribution is 2.23. The highest BCUT2D eigenvalue weighted by Gasteiger charge is 2.07. The van der Waals surface area contributed by atoms with Gasteiger partial charge in [-0.3, -0.25) is 0 Å². The molecule has 0 fully saturated rings. The number of rotatable bonds is 1. The van der Waals surface area contributed by atoms with Gasteiger partial charge in [-0.2, -0.15) is 0 Å². The lowest BCUT2D eigenvalue weighted by Crippen LogP contribution is -1.83. The molecule has 0 aliphatic heterocycles. The zero-order valence-corrected chi connectivity index (χ0v) is 7.61. The van der Waals surface area contributed by atoms with Gasteiger partial charge in [-0.05, 0) is 12.1 Å². The largest absolute Gasteiger partial charge is 0.508 e. The summed E-state index contributed by atoms with van der Waals surface area (Å²) in [5, 5.41) is 9.02. The third-order valence-corrected chi connectivity index (χ3v) is 1.93. The van der Waals surface area contributed by atoms with Crippen molar-refractivity contribution in [2.24, 2.45) is 7.05 Å². The Kier molecular flexibility index (Phi) is 1.96. The predicted octanol–water partition coefficient (Wildman–Crippen LogP) is 1.93. The van der Waals surface area contributed by atoms with E-state index in [1.807, 2.05) is 7.05 Å². The fourth-order valence-corrected chi connectivity index (χ4v) is 1.26. The Morgan fingerprint density at radius 3 is 2.79 bits per heavy atom. The van der Waals surface area contributed by atoms with Gasteiger partial charge >= 0.3 is 0 Å². The van der Waals surface area contributed by atoms with Gasteiger partial charge in [0.2, 0.25) is 0 Å². The van der Waals surface area contributed by atoms with Gasteiger partial charge < -0.3 is 9.67 Å². The maximum absolute atomic E-state index is 13.3. The quantitative estimate of drug-likeness (QED) is 0.749. The van der Waals surface area contributed by atoms with Crippen LogP contribution >= 0.6 is 0 Å². The number of phenolic OH excluding ortho intramolecular Hbond substituents is 1. The third kappa shape index (κ3) is 1.46. The number of phenols is 1. The number of aryl methyl sites for hydroxylation is 1. The summed E-state index contributed by atoms with van der Waals surface area (Å²) in [7, 11) is 1.81. The van der Waals surface area contributed by atoms with E-state index >= 15 is 0 Å². The molecule has 1 aromatic heterocycles. The van der Waals surface area contributed by atoms with Crippen molar-refractivity contribution in [3.05, 3.63) is 36.5 Å². The molecule has 0 spiro atoms. The van der Waals surface area contributed by atoms with E-state index in [0.717, 1.165) is 6.07 Å². The molecule has 0 saturated heterocycles. The third-order valence-electron chi connectivity index (χ3n) is 1.93. The molecule has 0 aliphatic carbocycles. The van der Waals surface area contributed by atoms with Gasteiger partial charge in [-0.1, -0.05) is 0 Å². The lowest BCUT2D eigenvalue weighted by Gasteiger charge is -1.99. The number of aromatic hydroxyl groups is 1. The molecule has 2 aromatic rings. The minimum absolute atomic E-state index is 0.0813. The maximum Gasteiger partial charge on any atom is 0.136 e. The van der Waals surface area contributed by atoms with Gasteiger partial charge in [0.25, 0.3) is 0 Å². The van der Waals surface area contributed by atoms with E-state index in [1.165, 1.54) is 12.1 Å². The van der Waals surface area contributed by atoms with E-state index < -0.39 is 5.82 Å². The van der Waals surface area contributed by atoms with Crippen molar-refractivity contribution < 1.29 is 9.50 Å². The summed E-state index contributed by atoms with van der Waals surface area (Å²) in [6, 6.07) is 4.02. The monoisotopic (exact) mass is 192 g/mol. The predicted molar refractivity (Wildman–Crippen MR) is 50.3 cm³/mol. The molecule has 0 atom stereocenters. The van der Waals surface area contributed by atoms with Crippen LogP contribution in [0.2, 0.25) is 0 Å². The summed E-state index contributed by atoms with van der Waals surface area (Å²) in [6.45, 7) is 0. The number of halogens is 1. The number of aromatic nitrogens is 2. The Morgan fingerprint density at radius 1 is 1.43 bits per heavy atom. The molecule has 1 heterocycles. The lowest BCUT2D eigenvalue weighted by molar-refractivity contribution is 0.469. The van der Waals surface area contributed by atoms with Crippen LogP contribution in [0.5, 0.6) is 5.75 Å². The summed E-state index contributed by atoms with van der Waals surface area (Å²) < 4.78 is 15.1. The molecule has 2 rings (SSSR count). The molecule has 72 valence electrons. The van der Waals surface area contributed by atoms with Crippen molar-refractivity contribution in [3.63, 3.8) is 0 Å². The second kappa shape index (κ2) is 3.14. The first-order valence-corrected chi connectivity index (χ1v) is 4.13. The first kappa shape index (κ1) is 8.74. The molecule has 0 saturated carbocycles. The molecule has 3 nitrogen and oxygen atoms in total. The molecule has 1 aromatic carbocycles. The second-order valence-corrected chi connectivity index (χ2v) is 3.09. The van der Waals surface area contributed by atoms with Crippen LogP contribution in [0, 0.1) is 5.82 Å². The van der Waals surface area contributed by atoms with E-state index in [1.54, 1.807) is 17.1 Å². The summed E-state index contributed by atoms with van der Waals surface area (Å²) in [6.07, 6.45) is 3.32. The van der Waals surface area contributed by atoms with Crippen molar-refractivity contribution >= 4 is 0 Å². The molecule has 1 N–H and O–H groups in total. The number of hydrogen-bond acceptors (Lipinski definition) is 2. The van der Waals surface area contributed by atoms with Crippen molar-refractivity contribution in [3.8, 4) is 17.0 Å². The van der Waals surface area contributed by atoms with Crippen molar-refractivity contribution in [2.75, 3.05) is 0 Å². The van der Waals surface area contributed by atoms with Crippen LogP contribution in [0.1, 0.15) is 0 Å². The van der Waals surface area contributed by atoms with Gasteiger partial charge in [0.15, 0.2) is 0 Å². The van der Waals surface area contributed by atoms with E-state index in [0.29, 0.717) is 11.3 Å². The van der Waals surface area contributed by atoms with Crippen LogP contribution in [0.3, 0.4) is 0 Å². The molecular formula is C10H9FN2O. The Balaban J connectivity index is 2.52. The van der Waals surface area contributed by atoms with Crippen LogP contribution in [0.4, 0.5) is 4.39 Å². The number of nitrogens with zero attached hydrogens (tertiary/aromatic N) is 2. The Bertz CT molecular complexity index is 465. The van der Waals surface area contributed by atoms with E-state index in [9.17, 15) is 4.39 Å². The SMILES string of the molecule is Cn1cnc(-c2ccc(O)cc2F)c1. The van der Waals surface area contributed by atoms with Crippen molar-refractivity contribution in [2.45, 2.75) is 0 Å². The molecule has 0 unspecified atom stereocenters. The number of hydrogen-bond donors (Lipinski definition) is 1. The summed E-state index contributed by atoms with van der Waals surface area (Å²) in [5.41, 5.74) is 0.952. The molecule has 14 heavy (non-hydrogen) atoms. The summed E-state index contributed by atoms with van der Waals surface area (Å²) in [5.74, 6) is -0.550. The van der Waals surface area contributed by atoms with Crippen LogP contribution < -0.4 is 0 Å². The fourth-order valence-electron chi connectivity index (χ4n) is 1.26. The van der Waals surface area contributed by atoms with E-state index in [-0.39, 0.29) is 5.75 Å². The van der Waals surface area contributed by atoms with Gasteiger partial charge in [-0.15, -0.1) is 0 Å². The molecular weight excluding hydrogens is 183 g/mol. The highest BCUT2D eigenvalue weighted by atomic mass is 19.1. The van der Waals surface area contributed by atoms with Crippen LogP contribution in [-0.4, -0.2) is 14.7 Å². The molecule has 4 heteroatoms. The average molecular weight is 192 g/mol. The summed E-state index contributed by atoms with van der Waals surface area (Å²) in [4.78, 5) is 4.02. The normalized spacial score (nSPS) is 10.4. The Labute approximate surface area is 80.5 Å². The topological polar surface area (TPSA) is 38.0 Å². The Morgan fingerprint density at radius 2 is 2.21 bits per heavy atom. The standard InChI is InChI=1S/C10H9FN2O/c1-13-5-10(12-6-13)8-3-2-7(14)4-9(8)11/h2-6,14H,1H3. The second-order valence-electron chi connectivity index (χ2n) is 3.09. The zero-order valence-electron chi connectivity index (χ0n) is 7.61. The molecule has 0 radical (unpaired) electrons. The summed E-state index contributed by atoms with van der Waals surface area (Å²) >= 11 is 0. The average Bonchev–Trinajstić information content (AvgIpc) is 2.51. The molecule has 0 amide bonds. The van der Waals surface area contributed by atoms with Gasteiger partial charge in [-0.25, -0.2) is 9.37 Å². The van der Waals surface area contributed by atoms with Crippen LogP contribution in [0.25, 0.3) is 11.3 Å². The molecule has 0 bridgehead atoms. The first-order chi connectivity index (χ1) is 6.66. The lowest BCUT2D eigenvalue weighted by atomic mass is 10.1. The van der Waals surface area contributed by atoms with E-state index in [4.69, 9.17) is 5.11 Å². The van der Waals surface area contributed by atoms with Gasteiger partial charge in [0, 0.05) is 24.9 Å². The van der Waals surface area contributed by atoms with Crippen LogP contribution in [-0.2, 0) is 7.05 Å². The number of imidazole rings is 1. The molecule has 0 aliphatic rings. The van der Waals surface area contributed by atoms with Crippen molar-refractivity contribution in [1.29, 1.82) is 0 Å². The van der Waals surface area contributed by atoms with Gasteiger partial charge in [0.05, 0.1) is 12.0 Å². The number of benzene rings is 1. The fraction of sp³-hybridized carbons (Fsp3) is 0.100. The highest BCUT2D eigenvalue weighted by molar-refractivity contribution is 5.60. The van der Waals surface area contributed by atoms with Crippen LogP contribution in [0.15, 0.2) is 30.7 Å². The smallest absolute Gasteiger partial charge is 0.136 e. The minimum Gasteiger partial charge on any atom is -0.508 e. The first-order valence-electron chi connectivity index (χ1n) is 4.13. The van der Waals surface area contributed by atoms with E-state index in [2.05, 4.69) is 4.98 Å². The van der Waals surface area contributed by atoms with Crippen molar-refractivity contribution in [1.82, 2.24) is 9.55 Å². The zero-order chi connectivity index (χ0) is 10.1.